The van der Waals surface area contributed by atoms with Crippen molar-refractivity contribution in [3.63, 3.8) is 0 Å². The van der Waals surface area contributed by atoms with Crippen LogP contribution in [0.1, 0.15) is 36.9 Å². The Morgan fingerprint density at radius 2 is 1.67 bits per heavy atom. The number of thiophene rings is 1. The van der Waals surface area contributed by atoms with Crippen LogP contribution in [-0.2, 0) is 6.54 Å². The lowest BCUT2D eigenvalue weighted by atomic mass is 10.1. The van der Waals surface area contributed by atoms with Crippen molar-refractivity contribution in [2.24, 2.45) is 4.99 Å². The fraction of sp³-hybridized carbons (Fsp3) is 0.0370. The number of nitrogens with zero attached hydrogens (tertiary/aromatic N) is 4. The molecule has 36 heavy (non-hydrogen) atoms. The first kappa shape index (κ1) is 21.6. The molecule has 5 aromatic rings. The fourth-order valence-corrected chi connectivity index (χ4v) is 5.37. The van der Waals surface area contributed by atoms with Gasteiger partial charge in [0, 0.05) is 21.7 Å². The minimum atomic E-state index is -0.403. The maximum atomic E-state index is 12.8. The highest BCUT2D eigenvalue weighted by molar-refractivity contribution is 7.20. The van der Waals surface area contributed by atoms with E-state index < -0.39 is 11.8 Å². The number of rotatable bonds is 4. The molecule has 8 nitrogen and oxygen atoms in total. The molecule has 0 atom stereocenters. The number of H-pyrrole nitrogens is 1. The van der Waals surface area contributed by atoms with E-state index in [4.69, 9.17) is 0 Å². The maximum absolute atomic E-state index is 12.8. The van der Waals surface area contributed by atoms with Gasteiger partial charge in [0.1, 0.15) is 6.07 Å². The Labute approximate surface area is 207 Å². The summed E-state index contributed by atoms with van der Waals surface area (Å²) < 4.78 is 0.993. The molecule has 1 N–H and O–H groups in total. The molecule has 2 amide bonds. The molecule has 172 valence electrons. The zero-order valence-electron chi connectivity index (χ0n) is 18.6. The minimum absolute atomic E-state index is 0.0955. The van der Waals surface area contributed by atoms with Crippen LogP contribution in [-0.4, -0.2) is 33.1 Å². The van der Waals surface area contributed by atoms with Crippen molar-refractivity contribution in [2.45, 2.75) is 6.54 Å². The first-order valence-corrected chi connectivity index (χ1v) is 11.8. The monoisotopic (exact) mass is 489 g/mol. The number of hydrogen-bond donors (Lipinski definition) is 1. The van der Waals surface area contributed by atoms with Crippen molar-refractivity contribution < 1.29 is 9.59 Å². The number of imide groups is 1. The summed E-state index contributed by atoms with van der Waals surface area (Å²) in [4.78, 5) is 44.5. The van der Waals surface area contributed by atoms with Crippen molar-refractivity contribution in [1.82, 2.24) is 15.1 Å². The molecule has 1 aliphatic heterocycles. The van der Waals surface area contributed by atoms with Crippen LogP contribution in [0.5, 0.6) is 0 Å². The lowest BCUT2D eigenvalue weighted by molar-refractivity contribution is 0.0640. The molecule has 6 rings (SSSR count). The summed E-state index contributed by atoms with van der Waals surface area (Å²) in [6.45, 7) is -0.0955. The van der Waals surface area contributed by atoms with E-state index in [2.05, 4.69) is 21.3 Å². The first-order chi connectivity index (χ1) is 17.5. The van der Waals surface area contributed by atoms with Gasteiger partial charge in [-0.05, 0) is 36.4 Å². The van der Waals surface area contributed by atoms with E-state index in [0.717, 1.165) is 19.9 Å². The summed E-state index contributed by atoms with van der Waals surface area (Å²) in [6.07, 6.45) is 1.63. The van der Waals surface area contributed by atoms with Gasteiger partial charge < -0.3 is 0 Å². The van der Waals surface area contributed by atoms with Gasteiger partial charge in [0.05, 0.1) is 44.9 Å². The highest BCUT2D eigenvalue weighted by Crippen LogP contribution is 2.31. The zero-order chi connectivity index (χ0) is 24.8. The SMILES string of the molecule is N#Cc1c(C=Nc2ccc3c(=O)[nH]nc(CN4C(=O)c5ccccc5C4=O)c3c2)sc2ccccc12. The van der Waals surface area contributed by atoms with Gasteiger partial charge in [-0.1, -0.05) is 30.3 Å². The van der Waals surface area contributed by atoms with Crippen molar-refractivity contribution in [3.05, 3.63) is 104 Å². The van der Waals surface area contributed by atoms with Crippen LogP contribution in [0, 0.1) is 11.3 Å². The molecule has 0 bridgehead atoms. The van der Waals surface area contributed by atoms with Gasteiger partial charge >= 0.3 is 0 Å². The molecule has 0 unspecified atom stereocenters. The third-order valence-electron chi connectivity index (χ3n) is 6.10. The number of hydrogen-bond acceptors (Lipinski definition) is 7. The highest BCUT2D eigenvalue weighted by atomic mass is 32.1. The lowest BCUT2D eigenvalue weighted by Crippen LogP contribution is -2.30. The molecule has 0 spiro atoms. The second kappa shape index (κ2) is 8.37. The van der Waals surface area contributed by atoms with Crippen LogP contribution in [0.3, 0.4) is 0 Å². The predicted octanol–water partition coefficient (Wildman–Crippen LogP) is 4.56. The lowest BCUT2D eigenvalue weighted by Gasteiger charge is -2.14. The highest BCUT2D eigenvalue weighted by Gasteiger charge is 2.35. The van der Waals surface area contributed by atoms with Gasteiger partial charge in [-0.3, -0.25) is 24.3 Å². The first-order valence-electron chi connectivity index (χ1n) is 11.0. The predicted molar refractivity (Wildman–Crippen MR) is 137 cm³/mol. The second-order valence-electron chi connectivity index (χ2n) is 8.18. The Bertz CT molecular complexity index is 1830. The van der Waals surface area contributed by atoms with E-state index in [0.29, 0.717) is 38.8 Å². The van der Waals surface area contributed by atoms with Crippen molar-refractivity contribution in [1.29, 1.82) is 5.26 Å². The summed E-state index contributed by atoms with van der Waals surface area (Å²) in [5, 5.41) is 18.0. The second-order valence-corrected chi connectivity index (χ2v) is 9.26. The number of carbonyl (C=O) groups is 2. The fourth-order valence-electron chi connectivity index (χ4n) is 4.34. The number of fused-ring (bicyclic) bond motifs is 3. The molecule has 9 heteroatoms. The van der Waals surface area contributed by atoms with Crippen LogP contribution in [0.4, 0.5) is 5.69 Å². The van der Waals surface area contributed by atoms with E-state index in [1.165, 1.54) is 11.3 Å². The molecule has 1 aliphatic rings. The summed E-state index contributed by atoms with van der Waals surface area (Å²) in [5.41, 5.74) is 1.78. The summed E-state index contributed by atoms with van der Waals surface area (Å²) >= 11 is 1.47. The molecule has 3 aromatic carbocycles. The van der Waals surface area contributed by atoms with Crippen LogP contribution in [0.15, 0.2) is 76.5 Å². The molecule has 2 aromatic heterocycles. The third kappa shape index (κ3) is 3.40. The molecular weight excluding hydrogens is 474 g/mol. The number of aromatic amines is 1. The summed E-state index contributed by atoms with van der Waals surface area (Å²) in [5.74, 6) is -0.806. The van der Waals surface area contributed by atoms with Gasteiger partial charge in [-0.25, -0.2) is 5.10 Å². The quantitative estimate of drug-likeness (QED) is 0.293. The van der Waals surface area contributed by atoms with E-state index >= 15 is 0 Å². The van der Waals surface area contributed by atoms with E-state index in [-0.39, 0.29) is 12.1 Å². The normalized spacial score (nSPS) is 13.1. The molecule has 0 saturated heterocycles. The van der Waals surface area contributed by atoms with Gasteiger partial charge in [0.25, 0.3) is 17.4 Å². The standard InChI is InChI=1S/C27H15N5O3S/c28-12-21-16-5-3-4-8-23(16)36-24(21)13-29-15-9-10-17-20(11-15)22(30-31-25(17)33)14-32-26(34)18-6-1-2-7-19(18)27(32)35/h1-11,13H,14H2,(H,31,33). The van der Waals surface area contributed by atoms with E-state index in [1.54, 1.807) is 48.7 Å². The number of nitrogens with one attached hydrogen (secondary N) is 1. The number of aromatic nitrogens is 2. The Balaban J connectivity index is 1.38. The van der Waals surface area contributed by atoms with Gasteiger partial charge in [-0.15, -0.1) is 11.3 Å². The maximum Gasteiger partial charge on any atom is 0.272 e. The number of aliphatic imine (C=N–C) groups is 1. The summed E-state index contributed by atoms with van der Waals surface area (Å²) in [7, 11) is 0. The van der Waals surface area contributed by atoms with E-state index in [1.807, 2.05) is 24.3 Å². The molecular formula is C27H15N5O3S. The largest absolute Gasteiger partial charge is 0.272 e. The van der Waals surface area contributed by atoms with Gasteiger partial charge in [0.15, 0.2) is 0 Å². The van der Waals surface area contributed by atoms with Gasteiger partial charge in [-0.2, -0.15) is 10.4 Å². The van der Waals surface area contributed by atoms with Gasteiger partial charge in [0.2, 0.25) is 0 Å². The van der Waals surface area contributed by atoms with Crippen molar-refractivity contribution >= 4 is 55.9 Å². The average molecular weight is 490 g/mol. The molecule has 0 aliphatic carbocycles. The minimum Gasteiger partial charge on any atom is -0.269 e. The Hall–Kier alpha value is -4.94. The number of benzene rings is 3. The molecule has 3 heterocycles. The van der Waals surface area contributed by atoms with E-state index in [9.17, 15) is 19.6 Å². The van der Waals surface area contributed by atoms with Crippen molar-refractivity contribution in [3.8, 4) is 6.07 Å². The Morgan fingerprint density at radius 1 is 0.944 bits per heavy atom. The number of amides is 2. The topological polar surface area (TPSA) is 119 Å². The zero-order valence-corrected chi connectivity index (χ0v) is 19.4. The molecule has 0 fully saturated rings. The average Bonchev–Trinajstić information content (AvgIpc) is 3.39. The van der Waals surface area contributed by atoms with Crippen LogP contribution in [0.25, 0.3) is 20.9 Å². The smallest absolute Gasteiger partial charge is 0.269 e. The number of nitriles is 1. The third-order valence-corrected chi connectivity index (χ3v) is 7.21. The Kier molecular flexibility index (Phi) is 5.02. The Morgan fingerprint density at radius 3 is 2.42 bits per heavy atom. The van der Waals surface area contributed by atoms with Crippen LogP contribution in [0.2, 0.25) is 0 Å². The molecule has 0 radical (unpaired) electrons. The number of carbonyl (C=O) groups excluding carboxylic acids is 2. The van der Waals surface area contributed by atoms with Crippen molar-refractivity contribution in [2.75, 3.05) is 0 Å². The molecule has 0 saturated carbocycles. The van der Waals surface area contributed by atoms with Crippen LogP contribution < -0.4 is 5.56 Å². The van der Waals surface area contributed by atoms with Crippen LogP contribution >= 0.6 is 11.3 Å². The summed E-state index contributed by atoms with van der Waals surface area (Å²) in [6, 6.07) is 21.6.